The molecule has 6 heteroatoms. The SMILES string of the molecule is O=c1[nH]c(-c2ccc(OC(F)F)cc2)cs1. The number of hydrogen-bond donors (Lipinski definition) is 1. The van der Waals surface area contributed by atoms with Crippen LogP contribution in [0.15, 0.2) is 34.4 Å². The van der Waals surface area contributed by atoms with E-state index < -0.39 is 6.61 Å². The molecule has 0 bridgehead atoms. The van der Waals surface area contributed by atoms with Crippen molar-refractivity contribution in [3.05, 3.63) is 39.3 Å². The van der Waals surface area contributed by atoms with E-state index in [1.54, 1.807) is 17.5 Å². The monoisotopic (exact) mass is 243 g/mol. The van der Waals surface area contributed by atoms with E-state index in [2.05, 4.69) is 9.72 Å². The lowest BCUT2D eigenvalue weighted by atomic mass is 10.2. The fourth-order valence-electron chi connectivity index (χ4n) is 1.24. The first-order valence-corrected chi connectivity index (χ1v) is 5.26. The van der Waals surface area contributed by atoms with Gasteiger partial charge in [0.05, 0.1) is 5.69 Å². The lowest BCUT2D eigenvalue weighted by Crippen LogP contribution is -2.01. The van der Waals surface area contributed by atoms with Crippen molar-refractivity contribution in [2.45, 2.75) is 6.61 Å². The number of hydrogen-bond acceptors (Lipinski definition) is 3. The lowest BCUT2D eigenvalue weighted by molar-refractivity contribution is -0.0498. The van der Waals surface area contributed by atoms with Gasteiger partial charge in [-0.25, -0.2) is 0 Å². The molecule has 0 saturated carbocycles. The maximum absolute atomic E-state index is 11.9. The van der Waals surface area contributed by atoms with Gasteiger partial charge in [-0.15, -0.1) is 0 Å². The first kappa shape index (κ1) is 10.8. The molecule has 0 atom stereocenters. The summed E-state index contributed by atoms with van der Waals surface area (Å²) in [4.78, 5) is 13.4. The van der Waals surface area contributed by atoms with Crippen LogP contribution in [0.25, 0.3) is 11.3 Å². The van der Waals surface area contributed by atoms with Crippen molar-refractivity contribution in [3.8, 4) is 17.0 Å². The highest BCUT2D eigenvalue weighted by atomic mass is 32.1. The maximum atomic E-state index is 11.9. The van der Waals surface area contributed by atoms with Crippen LogP contribution in [-0.2, 0) is 0 Å². The largest absolute Gasteiger partial charge is 0.435 e. The molecule has 0 aliphatic rings. The smallest absolute Gasteiger partial charge is 0.387 e. The van der Waals surface area contributed by atoms with Crippen molar-refractivity contribution in [2.75, 3.05) is 0 Å². The van der Waals surface area contributed by atoms with E-state index >= 15 is 0 Å². The molecule has 0 aliphatic heterocycles. The number of alkyl halides is 2. The predicted molar refractivity (Wildman–Crippen MR) is 57.0 cm³/mol. The molecule has 1 heterocycles. The summed E-state index contributed by atoms with van der Waals surface area (Å²) in [5.74, 6) is 0.0938. The van der Waals surface area contributed by atoms with E-state index in [4.69, 9.17) is 0 Å². The summed E-state index contributed by atoms with van der Waals surface area (Å²) < 4.78 is 28.0. The fraction of sp³-hybridized carbons (Fsp3) is 0.100. The number of benzene rings is 1. The van der Waals surface area contributed by atoms with Gasteiger partial charge < -0.3 is 9.72 Å². The molecule has 16 heavy (non-hydrogen) atoms. The number of rotatable bonds is 3. The Hall–Kier alpha value is -1.69. The van der Waals surface area contributed by atoms with Gasteiger partial charge in [-0.3, -0.25) is 4.79 Å². The molecule has 2 rings (SSSR count). The van der Waals surface area contributed by atoms with Crippen LogP contribution in [0.5, 0.6) is 5.75 Å². The van der Waals surface area contributed by atoms with E-state index in [-0.39, 0.29) is 10.6 Å². The highest BCUT2D eigenvalue weighted by molar-refractivity contribution is 7.07. The second-order valence-electron chi connectivity index (χ2n) is 2.96. The zero-order valence-electron chi connectivity index (χ0n) is 7.94. The molecule has 1 aromatic carbocycles. The highest BCUT2D eigenvalue weighted by Crippen LogP contribution is 2.21. The standard InChI is InChI=1S/C10H7F2NO2S/c11-9(12)15-7-3-1-6(2-4-7)8-5-16-10(14)13-8/h1-5,9H,(H,13,14). The van der Waals surface area contributed by atoms with Crippen LogP contribution in [0.1, 0.15) is 0 Å². The Labute approximate surface area is 93.3 Å². The molecule has 84 valence electrons. The molecule has 0 radical (unpaired) electrons. The summed E-state index contributed by atoms with van der Waals surface area (Å²) in [5, 5.41) is 1.67. The van der Waals surface area contributed by atoms with Gasteiger partial charge in [0.2, 0.25) is 0 Å². The van der Waals surface area contributed by atoms with Gasteiger partial charge in [0, 0.05) is 5.38 Å². The van der Waals surface area contributed by atoms with Crippen molar-refractivity contribution in [1.29, 1.82) is 0 Å². The average Bonchev–Trinajstić information content (AvgIpc) is 2.65. The Balaban J connectivity index is 2.22. The van der Waals surface area contributed by atoms with Crippen LogP contribution in [0.3, 0.4) is 0 Å². The number of halogens is 2. The maximum Gasteiger partial charge on any atom is 0.387 e. The van der Waals surface area contributed by atoms with Crippen LogP contribution in [0.4, 0.5) is 8.78 Å². The van der Waals surface area contributed by atoms with Gasteiger partial charge in [-0.2, -0.15) is 8.78 Å². The molecule has 3 nitrogen and oxygen atoms in total. The summed E-state index contributed by atoms with van der Waals surface area (Å²) in [5.41, 5.74) is 1.42. The Morgan fingerprint density at radius 3 is 2.44 bits per heavy atom. The average molecular weight is 243 g/mol. The number of aromatic amines is 1. The molecule has 1 aromatic heterocycles. The first-order chi connectivity index (χ1) is 7.65. The van der Waals surface area contributed by atoms with Gasteiger partial charge in [0.25, 0.3) is 0 Å². The molecule has 0 saturated heterocycles. The summed E-state index contributed by atoms with van der Waals surface area (Å²) in [7, 11) is 0. The summed E-state index contributed by atoms with van der Waals surface area (Å²) in [6, 6.07) is 6.07. The molecule has 0 aliphatic carbocycles. The molecule has 0 amide bonds. The number of thiazole rings is 1. The molecule has 0 unspecified atom stereocenters. The number of ether oxygens (including phenoxy) is 1. The highest BCUT2D eigenvalue weighted by Gasteiger charge is 2.05. The van der Waals surface area contributed by atoms with Crippen molar-refractivity contribution in [3.63, 3.8) is 0 Å². The molecular weight excluding hydrogens is 236 g/mol. The van der Waals surface area contributed by atoms with Crippen LogP contribution < -0.4 is 9.61 Å². The summed E-state index contributed by atoms with van der Waals surface area (Å²) in [6.45, 7) is -2.83. The van der Waals surface area contributed by atoms with Gasteiger partial charge in [-0.1, -0.05) is 11.3 Å². The van der Waals surface area contributed by atoms with E-state index in [1.807, 2.05) is 0 Å². The first-order valence-electron chi connectivity index (χ1n) is 4.38. The van der Waals surface area contributed by atoms with Crippen molar-refractivity contribution >= 4 is 11.3 Å². The van der Waals surface area contributed by atoms with E-state index in [0.717, 1.165) is 16.9 Å². The molecule has 0 fully saturated rings. The minimum Gasteiger partial charge on any atom is -0.435 e. The van der Waals surface area contributed by atoms with Crippen LogP contribution in [0.2, 0.25) is 0 Å². The summed E-state index contributed by atoms with van der Waals surface area (Å²) in [6.07, 6.45) is 0. The zero-order chi connectivity index (χ0) is 11.5. The Morgan fingerprint density at radius 2 is 1.94 bits per heavy atom. The van der Waals surface area contributed by atoms with Gasteiger partial charge in [0.1, 0.15) is 5.75 Å². The topological polar surface area (TPSA) is 42.1 Å². The minimum absolute atomic E-state index is 0.0938. The molecular formula is C10H7F2NO2S. The van der Waals surface area contributed by atoms with Gasteiger partial charge in [-0.05, 0) is 29.8 Å². The number of aromatic nitrogens is 1. The molecule has 0 spiro atoms. The predicted octanol–water partition coefficient (Wildman–Crippen LogP) is 2.70. The minimum atomic E-state index is -2.83. The van der Waals surface area contributed by atoms with E-state index in [9.17, 15) is 13.6 Å². The number of H-pyrrole nitrogens is 1. The third kappa shape index (κ3) is 2.46. The zero-order valence-corrected chi connectivity index (χ0v) is 8.76. The van der Waals surface area contributed by atoms with Gasteiger partial charge in [0.15, 0.2) is 0 Å². The summed E-state index contributed by atoms with van der Waals surface area (Å²) >= 11 is 1.05. The van der Waals surface area contributed by atoms with Crippen molar-refractivity contribution in [2.24, 2.45) is 0 Å². The second kappa shape index (κ2) is 4.44. The quantitative estimate of drug-likeness (QED) is 0.900. The van der Waals surface area contributed by atoms with Crippen LogP contribution >= 0.6 is 11.3 Å². The Bertz CT molecular complexity index is 518. The van der Waals surface area contributed by atoms with E-state index in [0.29, 0.717) is 5.69 Å². The van der Waals surface area contributed by atoms with E-state index in [1.165, 1.54) is 12.1 Å². The Kier molecular flexibility index (Phi) is 3.00. The second-order valence-corrected chi connectivity index (χ2v) is 3.81. The normalized spacial score (nSPS) is 10.7. The Morgan fingerprint density at radius 1 is 1.25 bits per heavy atom. The van der Waals surface area contributed by atoms with Crippen molar-refractivity contribution < 1.29 is 13.5 Å². The van der Waals surface area contributed by atoms with Crippen LogP contribution in [-0.4, -0.2) is 11.6 Å². The third-order valence-electron chi connectivity index (χ3n) is 1.91. The lowest BCUT2D eigenvalue weighted by Gasteiger charge is -2.04. The third-order valence-corrected chi connectivity index (χ3v) is 2.58. The number of nitrogens with one attached hydrogen (secondary N) is 1. The van der Waals surface area contributed by atoms with Gasteiger partial charge >= 0.3 is 11.5 Å². The van der Waals surface area contributed by atoms with Crippen LogP contribution in [0, 0.1) is 0 Å². The fourth-order valence-corrected chi connectivity index (χ4v) is 1.83. The molecule has 1 N–H and O–H groups in total. The molecule has 2 aromatic rings. The van der Waals surface area contributed by atoms with Crippen molar-refractivity contribution in [1.82, 2.24) is 4.98 Å².